The van der Waals surface area contributed by atoms with Gasteiger partial charge in [-0.15, -0.1) is 11.8 Å². The molecule has 0 saturated carbocycles. The maximum atomic E-state index is 13.1. The molecule has 11 heteroatoms. The molecule has 4 aliphatic heterocycles. The van der Waals surface area contributed by atoms with E-state index in [2.05, 4.69) is 10.6 Å². The van der Waals surface area contributed by atoms with Crippen molar-refractivity contribution in [3.63, 3.8) is 0 Å². The number of carboxylic acid groups (broad SMARTS) is 1. The van der Waals surface area contributed by atoms with E-state index in [1.807, 2.05) is 11.8 Å². The molecule has 4 aliphatic rings. The first-order chi connectivity index (χ1) is 15.1. The van der Waals surface area contributed by atoms with E-state index < -0.39 is 22.9 Å². The van der Waals surface area contributed by atoms with Crippen LogP contribution < -0.4 is 10.6 Å². The van der Waals surface area contributed by atoms with Crippen molar-refractivity contribution in [2.45, 2.75) is 67.8 Å². The van der Waals surface area contributed by atoms with E-state index in [9.17, 15) is 24.6 Å². The minimum absolute atomic E-state index is 0.0145. The second kappa shape index (κ2) is 8.35. The quantitative estimate of drug-likeness (QED) is 0.202. The van der Waals surface area contributed by atoms with Gasteiger partial charge in [-0.2, -0.15) is 0 Å². The summed E-state index contributed by atoms with van der Waals surface area (Å²) in [6.45, 7) is 6.89. The maximum Gasteiger partial charge on any atom is 0.352 e. The molecule has 0 aromatic heterocycles. The van der Waals surface area contributed by atoms with Gasteiger partial charge in [0.15, 0.2) is 0 Å². The Bertz CT molecular complexity index is 879. The van der Waals surface area contributed by atoms with Crippen LogP contribution >= 0.6 is 11.8 Å². The first-order valence-corrected chi connectivity index (χ1v) is 11.9. The monoisotopic (exact) mass is 465 g/mol. The molecule has 10 nitrogen and oxygen atoms in total. The lowest BCUT2D eigenvalue weighted by Gasteiger charge is -2.56. The Labute approximate surface area is 191 Å². The van der Waals surface area contributed by atoms with Crippen LogP contribution in [0.25, 0.3) is 0 Å². The van der Waals surface area contributed by atoms with Gasteiger partial charge in [0.2, 0.25) is 11.8 Å². The van der Waals surface area contributed by atoms with Crippen LogP contribution in [0.2, 0.25) is 0 Å². The molecular formula is C21H31N5O5S. The third-order valence-corrected chi connectivity index (χ3v) is 8.80. The molecule has 176 valence electrons. The lowest BCUT2D eigenvalue weighted by molar-refractivity contribution is -0.158. The highest BCUT2D eigenvalue weighted by Gasteiger charge is 2.69. The highest BCUT2D eigenvalue weighted by atomic mass is 32.2. The standard InChI is InChI=1S/C21H31N5O5S/c1-10-6-16(19(29)30)26-17(10)21(11(2)27,20(26)31)32-14-7-15(23-8-14)18(28)25-5-4-13(9-25)24-12(3)22/h6,10-11,13-15,17,23,27H,4-5,7-9H2,1-3H3,(H2,22,24)(H,29,30)/t10?,11?,13?,14?,15?,17-,21?/m0/s1. The third-order valence-electron chi connectivity index (χ3n) is 6.96. The number of amides is 2. The Hall–Kier alpha value is -2.11. The van der Waals surface area contributed by atoms with Gasteiger partial charge in [0.05, 0.1) is 24.0 Å². The van der Waals surface area contributed by atoms with Crippen molar-refractivity contribution in [1.82, 2.24) is 20.4 Å². The number of hydrogen-bond donors (Lipinski definition) is 5. The van der Waals surface area contributed by atoms with Crippen molar-refractivity contribution in [2.75, 3.05) is 19.6 Å². The number of hydrogen-bond acceptors (Lipinski definition) is 7. The molecule has 7 atom stereocenters. The highest BCUT2D eigenvalue weighted by molar-refractivity contribution is 8.02. The number of aliphatic hydroxyl groups is 1. The van der Waals surface area contributed by atoms with Gasteiger partial charge in [-0.25, -0.2) is 4.79 Å². The number of carbonyl (C=O) groups excluding carboxylic acids is 2. The average Bonchev–Trinajstić information content (AvgIpc) is 3.42. The summed E-state index contributed by atoms with van der Waals surface area (Å²) >= 11 is 1.38. The van der Waals surface area contributed by atoms with Gasteiger partial charge in [-0.1, -0.05) is 6.92 Å². The van der Waals surface area contributed by atoms with E-state index in [0.29, 0.717) is 31.9 Å². The molecule has 32 heavy (non-hydrogen) atoms. The number of aliphatic hydroxyl groups excluding tert-OH is 1. The van der Waals surface area contributed by atoms with Crippen molar-refractivity contribution in [3.05, 3.63) is 11.8 Å². The van der Waals surface area contributed by atoms with Crippen LogP contribution in [0, 0.1) is 11.3 Å². The topological polar surface area (TPSA) is 146 Å². The van der Waals surface area contributed by atoms with Crippen LogP contribution in [-0.4, -0.2) is 97.5 Å². The molecule has 5 N–H and O–H groups in total. The summed E-state index contributed by atoms with van der Waals surface area (Å²) in [6.07, 6.45) is 1.99. The molecule has 4 rings (SSSR count). The number of aliphatic carboxylic acids is 1. The summed E-state index contributed by atoms with van der Waals surface area (Å²) in [7, 11) is 0. The highest BCUT2D eigenvalue weighted by Crippen LogP contribution is 2.55. The van der Waals surface area contributed by atoms with Crippen molar-refractivity contribution in [3.8, 4) is 0 Å². The summed E-state index contributed by atoms with van der Waals surface area (Å²) in [5, 5.41) is 33.9. The molecule has 0 bridgehead atoms. The van der Waals surface area contributed by atoms with Gasteiger partial charge in [-0.05, 0) is 38.7 Å². The van der Waals surface area contributed by atoms with Crippen molar-refractivity contribution in [2.24, 2.45) is 5.92 Å². The zero-order chi connectivity index (χ0) is 23.4. The molecule has 3 fully saturated rings. The van der Waals surface area contributed by atoms with Gasteiger partial charge in [-0.3, -0.25) is 19.9 Å². The van der Waals surface area contributed by atoms with Crippen LogP contribution in [0.15, 0.2) is 11.8 Å². The lowest BCUT2D eigenvalue weighted by Crippen LogP contribution is -2.76. The molecule has 3 saturated heterocycles. The van der Waals surface area contributed by atoms with E-state index in [4.69, 9.17) is 5.41 Å². The van der Waals surface area contributed by atoms with Gasteiger partial charge in [0, 0.05) is 30.9 Å². The Kier molecular flexibility index (Phi) is 6.01. The predicted octanol–water partition coefficient (Wildman–Crippen LogP) is -0.414. The number of nitrogens with zero attached hydrogens (tertiary/aromatic N) is 2. The van der Waals surface area contributed by atoms with Gasteiger partial charge in [0.25, 0.3) is 0 Å². The van der Waals surface area contributed by atoms with E-state index in [-0.39, 0.29) is 40.8 Å². The number of likely N-dealkylation sites (tertiary alicyclic amines) is 1. The van der Waals surface area contributed by atoms with Crippen molar-refractivity contribution < 1.29 is 24.6 Å². The summed E-state index contributed by atoms with van der Waals surface area (Å²) in [6, 6.07) is -0.658. The van der Waals surface area contributed by atoms with Crippen LogP contribution in [0.3, 0.4) is 0 Å². The summed E-state index contributed by atoms with van der Waals surface area (Å²) in [4.78, 5) is 40.8. The predicted molar refractivity (Wildman–Crippen MR) is 119 cm³/mol. The number of carbonyl (C=O) groups is 3. The summed E-state index contributed by atoms with van der Waals surface area (Å²) < 4.78 is -1.11. The van der Waals surface area contributed by atoms with Crippen LogP contribution in [0.4, 0.5) is 0 Å². The van der Waals surface area contributed by atoms with Crippen molar-refractivity contribution in [1.29, 1.82) is 5.41 Å². The Balaban J connectivity index is 1.40. The summed E-state index contributed by atoms with van der Waals surface area (Å²) in [5.41, 5.74) is -0.0145. The Morgan fingerprint density at radius 1 is 1.44 bits per heavy atom. The number of amidine groups is 1. The third kappa shape index (κ3) is 3.60. The molecule has 0 aliphatic carbocycles. The number of carboxylic acids is 1. The molecular weight excluding hydrogens is 434 g/mol. The smallest absolute Gasteiger partial charge is 0.352 e. The Morgan fingerprint density at radius 2 is 2.16 bits per heavy atom. The molecule has 0 aromatic carbocycles. The fraction of sp³-hybridized carbons (Fsp3) is 0.714. The zero-order valence-corrected chi connectivity index (χ0v) is 19.3. The molecule has 2 amide bonds. The van der Waals surface area contributed by atoms with Gasteiger partial charge >= 0.3 is 5.97 Å². The number of β-lactam (4-membered cyclic amide) rings is 1. The fourth-order valence-electron chi connectivity index (χ4n) is 5.55. The zero-order valence-electron chi connectivity index (χ0n) is 18.5. The second-order valence-electron chi connectivity index (χ2n) is 9.28. The minimum atomic E-state index is -1.14. The molecule has 0 spiro atoms. The molecule has 4 heterocycles. The number of fused-ring (bicyclic) bond motifs is 1. The molecule has 6 unspecified atom stereocenters. The number of nitrogens with one attached hydrogen (secondary N) is 3. The Morgan fingerprint density at radius 3 is 2.78 bits per heavy atom. The largest absolute Gasteiger partial charge is 0.477 e. The van der Waals surface area contributed by atoms with E-state index in [1.54, 1.807) is 19.9 Å². The first-order valence-electron chi connectivity index (χ1n) is 11.0. The SMILES string of the molecule is CC(=N)NC1CCN(C(=O)C2CC(SC3(C(C)O)C(=O)N4C(C(=O)O)=CC(C)[C@H]43)CN2)C1. The van der Waals surface area contributed by atoms with E-state index in [1.165, 1.54) is 16.7 Å². The van der Waals surface area contributed by atoms with Gasteiger partial charge < -0.3 is 25.7 Å². The van der Waals surface area contributed by atoms with Crippen molar-refractivity contribution >= 4 is 35.4 Å². The molecule has 0 aromatic rings. The van der Waals surface area contributed by atoms with Gasteiger partial charge in [0.1, 0.15) is 10.4 Å². The maximum absolute atomic E-state index is 13.1. The lowest BCUT2D eigenvalue weighted by atomic mass is 9.78. The van der Waals surface area contributed by atoms with E-state index in [0.717, 1.165) is 6.42 Å². The fourth-order valence-corrected chi connectivity index (χ4v) is 7.43. The molecule has 0 radical (unpaired) electrons. The summed E-state index contributed by atoms with van der Waals surface area (Å²) in [5.74, 6) is -1.27. The number of rotatable bonds is 6. The average molecular weight is 466 g/mol. The normalized spacial score (nSPS) is 37.1. The number of thioether (sulfide) groups is 1. The van der Waals surface area contributed by atoms with E-state index >= 15 is 0 Å². The second-order valence-corrected chi connectivity index (χ2v) is 10.9. The van der Waals surface area contributed by atoms with Crippen LogP contribution in [0.5, 0.6) is 0 Å². The first kappa shape index (κ1) is 23.1. The minimum Gasteiger partial charge on any atom is -0.477 e. The van der Waals surface area contributed by atoms with Crippen LogP contribution in [-0.2, 0) is 14.4 Å². The van der Waals surface area contributed by atoms with Crippen LogP contribution in [0.1, 0.15) is 33.6 Å².